The van der Waals surface area contributed by atoms with Crippen molar-refractivity contribution in [3.8, 4) is 17.2 Å². The van der Waals surface area contributed by atoms with Crippen molar-refractivity contribution in [1.29, 1.82) is 0 Å². The molecule has 29 heavy (non-hydrogen) atoms. The fourth-order valence-corrected chi connectivity index (χ4v) is 4.28. The number of rotatable bonds is 6. The summed E-state index contributed by atoms with van der Waals surface area (Å²) >= 11 is 0. The molecule has 2 aliphatic rings. The summed E-state index contributed by atoms with van der Waals surface area (Å²) in [5, 5.41) is 3.20. The van der Waals surface area contributed by atoms with Gasteiger partial charge in [-0.2, -0.15) is 0 Å². The van der Waals surface area contributed by atoms with Gasteiger partial charge >= 0.3 is 0 Å². The molecule has 1 saturated heterocycles. The van der Waals surface area contributed by atoms with E-state index in [4.69, 9.17) is 14.2 Å². The lowest BCUT2D eigenvalue weighted by atomic mass is 9.96. The molecule has 7 heteroatoms. The van der Waals surface area contributed by atoms with Crippen LogP contribution in [-0.2, 0) is 9.59 Å². The number of carbonyl (C=O) groups is 2. The van der Waals surface area contributed by atoms with Crippen molar-refractivity contribution in [3.05, 3.63) is 12.1 Å². The summed E-state index contributed by atoms with van der Waals surface area (Å²) in [7, 11) is 4.62. The number of nitrogens with zero attached hydrogens (tertiary/aromatic N) is 1. The lowest BCUT2D eigenvalue weighted by Crippen LogP contribution is -2.40. The van der Waals surface area contributed by atoms with Gasteiger partial charge in [-0.05, 0) is 12.8 Å². The summed E-state index contributed by atoms with van der Waals surface area (Å²) in [6.45, 7) is 0.357. The average Bonchev–Trinajstić information content (AvgIpc) is 3.10. The highest BCUT2D eigenvalue weighted by atomic mass is 16.5. The number of ether oxygens (including phenoxy) is 3. The molecule has 1 unspecified atom stereocenters. The van der Waals surface area contributed by atoms with Crippen molar-refractivity contribution in [1.82, 2.24) is 5.32 Å². The van der Waals surface area contributed by atoms with Gasteiger partial charge in [-0.3, -0.25) is 9.59 Å². The topological polar surface area (TPSA) is 77.1 Å². The Morgan fingerprint density at radius 2 is 1.55 bits per heavy atom. The fourth-order valence-electron chi connectivity index (χ4n) is 4.28. The molecule has 7 nitrogen and oxygen atoms in total. The molecule has 0 radical (unpaired) electrons. The van der Waals surface area contributed by atoms with Crippen molar-refractivity contribution >= 4 is 17.5 Å². The maximum Gasteiger partial charge on any atom is 0.227 e. The monoisotopic (exact) mass is 404 g/mol. The summed E-state index contributed by atoms with van der Waals surface area (Å²) in [5.41, 5.74) is 0.644. The molecule has 1 saturated carbocycles. The first kappa shape index (κ1) is 21.3. The molecular weight excluding hydrogens is 372 g/mol. The van der Waals surface area contributed by atoms with Crippen LogP contribution in [0.15, 0.2) is 12.1 Å². The lowest BCUT2D eigenvalue weighted by molar-refractivity contribution is -0.127. The highest BCUT2D eigenvalue weighted by Gasteiger charge is 2.36. The summed E-state index contributed by atoms with van der Waals surface area (Å²) < 4.78 is 16.1. The minimum Gasteiger partial charge on any atom is -0.493 e. The van der Waals surface area contributed by atoms with Crippen LogP contribution in [0.5, 0.6) is 17.2 Å². The van der Waals surface area contributed by atoms with Crippen molar-refractivity contribution in [2.75, 3.05) is 32.8 Å². The van der Waals surface area contributed by atoms with Crippen LogP contribution >= 0.6 is 0 Å². The van der Waals surface area contributed by atoms with Crippen LogP contribution in [-0.4, -0.2) is 45.7 Å². The molecule has 160 valence electrons. The largest absolute Gasteiger partial charge is 0.493 e. The van der Waals surface area contributed by atoms with Crippen LogP contribution in [0.25, 0.3) is 0 Å². The molecule has 1 aliphatic carbocycles. The molecule has 1 heterocycles. The number of methoxy groups -OCH3 is 3. The fraction of sp³-hybridized carbons (Fsp3) is 0.636. The summed E-state index contributed by atoms with van der Waals surface area (Å²) in [6.07, 6.45) is 8.37. The Bertz CT molecular complexity index is 703. The Kier molecular flexibility index (Phi) is 7.23. The third-order valence-electron chi connectivity index (χ3n) is 5.91. The van der Waals surface area contributed by atoms with E-state index in [9.17, 15) is 9.59 Å². The molecule has 1 atom stereocenters. The second kappa shape index (κ2) is 9.85. The second-order valence-electron chi connectivity index (χ2n) is 7.84. The van der Waals surface area contributed by atoms with E-state index in [0.717, 1.165) is 25.7 Å². The van der Waals surface area contributed by atoms with Gasteiger partial charge in [0.1, 0.15) is 0 Å². The lowest BCUT2D eigenvalue weighted by Gasteiger charge is -2.23. The van der Waals surface area contributed by atoms with Gasteiger partial charge in [0.25, 0.3) is 0 Å². The smallest absolute Gasteiger partial charge is 0.227 e. The number of benzene rings is 1. The molecule has 2 fully saturated rings. The van der Waals surface area contributed by atoms with Crippen molar-refractivity contribution < 1.29 is 23.8 Å². The first-order valence-corrected chi connectivity index (χ1v) is 10.5. The van der Waals surface area contributed by atoms with Crippen molar-refractivity contribution in [2.45, 2.75) is 57.4 Å². The van der Waals surface area contributed by atoms with E-state index in [1.807, 2.05) is 0 Å². The Morgan fingerprint density at radius 1 is 0.966 bits per heavy atom. The number of amides is 2. The van der Waals surface area contributed by atoms with E-state index in [1.54, 1.807) is 17.0 Å². The van der Waals surface area contributed by atoms with Gasteiger partial charge in [0.15, 0.2) is 11.5 Å². The van der Waals surface area contributed by atoms with E-state index in [2.05, 4.69) is 5.32 Å². The van der Waals surface area contributed by atoms with E-state index in [-0.39, 0.29) is 30.2 Å². The van der Waals surface area contributed by atoms with Gasteiger partial charge in [0, 0.05) is 31.1 Å². The SMILES string of the molecule is COc1cc(N2CC(C(=O)NC3CCCCCCC3)CC2=O)cc(OC)c1OC. The predicted molar refractivity (Wildman–Crippen MR) is 111 cm³/mol. The molecule has 1 aromatic rings. The highest BCUT2D eigenvalue weighted by molar-refractivity contribution is 6.00. The predicted octanol–water partition coefficient (Wildman–Crippen LogP) is 3.29. The second-order valence-corrected chi connectivity index (χ2v) is 7.84. The first-order chi connectivity index (χ1) is 14.1. The maximum absolute atomic E-state index is 12.8. The molecule has 3 rings (SSSR count). The zero-order valence-electron chi connectivity index (χ0n) is 17.7. The molecule has 0 bridgehead atoms. The van der Waals surface area contributed by atoms with Crippen LogP contribution < -0.4 is 24.4 Å². The average molecular weight is 405 g/mol. The van der Waals surface area contributed by atoms with Crippen LogP contribution in [0.2, 0.25) is 0 Å². The standard InChI is InChI=1S/C22H32N2O5/c1-27-18-12-17(13-19(28-2)21(18)29-3)24-14-15(11-20(24)25)22(26)23-16-9-7-5-4-6-8-10-16/h12-13,15-16H,4-11,14H2,1-3H3,(H,23,26). The van der Waals surface area contributed by atoms with E-state index >= 15 is 0 Å². The van der Waals surface area contributed by atoms with Crippen molar-refractivity contribution in [3.63, 3.8) is 0 Å². The molecule has 0 aromatic heterocycles. The maximum atomic E-state index is 12.8. The normalized spacial score (nSPS) is 20.7. The van der Waals surface area contributed by atoms with Crippen LogP contribution in [0.1, 0.15) is 51.4 Å². The number of anilines is 1. The quantitative estimate of drug-likeness (QED) is 0.787. The van der Waals surface area contributed by atoms with Crippen LogP contribution in [0.4, 0.5) is 5.69 Å². The number of hydrogen-bond donors (Lipinski definition) is 1. The molecule has 2 amide bonds. The zero-order valence-corrected chi connectivity index (χ0v) is 17.7. The molecule has 1 aliphatic heterocycles. The van der Waals surface area contributed by atoms with Gasteiger partial charge in [-0.1, -0.05) is 32.1 Å². The Balaban J connectivity index is 1.70. The molecule has 0 spiro atoms. The Morgan fingerprint density at radius 3 is 2.10 bits per heavy atom. The minimum absolute atomic E-state index is 0.0149. The van der Waals surface area contributed by atoms with Gasteiger partial charge in [0.05, 0.1) is 32.9 Å². The summed E-state index contributed by atoms with van der Waals surface area (Å²) in [4.78, 5) is 27.1. The van der Waals surface area contributed by atoms with Crippen LogP contribution in [0, 0.1) is 5.92 Å². The molecular formula is C22H32N2O5. The Hall–Kier alpha value is -2.44. The molecule has 1 aromatic carbocycles. The number of carbonyl (C=O) groups excluding carboxylic acids is 2. The number of nitrogens with one attached hydrogen (secondary N) is 1. The first-order valence-electron chi connectivity index (χ1n) is 10.5. The summed E-state index contributed by atoms with van der Waals surface area (Å²) in [5.74, 6) is 1.01. The summed E-state index contributed by atoms with van der Waals surface area (Å²) in [6, 6.07) is 3.72. The highest BCUT2D eigenvalue weighted by Crippen LogP contribution is 2.42. The van der Waals surface area contributed by atoms with Crippen LogP contribution in [0.3, 0.4) is 0 Å². The Labute approximate surface area is 172 Å². The third kappa shape index (κ3) is 4.95. The molecule has 1 N–H and O–H groups in total. The van der Waals surface area contributed by atoms with E-state index < -0.39 is 0 Å². The number of hydrogen-bond acceptors (Lipinski definition) is 5. The minimum atomic E-state index is -0.341. The van der Waals surface area contributed by atoms with Gasteiger partial charge in [-0.25, -0.2) is 0 Å². The van der Waals surface area contributed by atoms with E-state index in [0.29, 0.717) is 29.5 Å². The van der Waals surface area contributed by atoms with Gasteiger partial charge in [0.2, 0.25) is 17.6 Å². The van der Waals surface area contributed by atoms with Gasteiger partial charge < -0.3 is 24.4 Å². The van der Waals surface area contributed by atoms with Gasteiger partial charge in [-0.15, -0.1) is 0 Å². The van der Waals surface area contributed by atoms with E-state index in [1.165, 1.54) is 40.6 Å². The third-order valence-corrected chi connectivity index (χ3v) is 5.91. The van der Waals surface area contributed by atoms with Crippen molar-refractivity contribution in [2.24, 2.45) is 5.92 Å². The zero-order chi connectivity index (χ0) is 20.8.